The van der Waals surface area contributed by atoms with E-state index in [0.717, 1.165) is 25.2 Å². The number of rotatable bonds is 3. The van der Waals surface area contributed by atoms with E-state index in [2.05, 4.69) is 17.5 Å². The highest BCUT2D eigenvalue weighted by Gasteiger charge is 2.22. The van der Waals surface area contributed by atoms with E-state index < -0.39 is 0 Å². The zero-order valence-corrected chi connectivity index (χ0v) is 11.8. The van der Waals surface area contributed by atoms with Crippen LogP contribution in [-0.2, 0) is 17.6 Å². The lowest BCUT2D eigenvalue weighted by atomic mass is 9.98. The van der Waals surface area contributed by atoms with Crippen LogP contribution in [-0.4, -0.2) is 13.7 Å². The van der Waals surface area contributed by atoms with E-state index >= 15 is 0 Å². The normalized spacial score (nSPS) is 20.8. The quantitative estimate of drug-likeness (QED) is 0.900. The number of fused-ring (bicyclic) bond motifs is 1. The van der Waals surface area contributed by atoms with Crippen LogP contribution in [0.5, 0.6) is 0 Å². The molecule has 2 nitrogen and oxygen atoms in total. The molecule has 3 heteroatoms. The fourth-order valence-corrected chi connectivity index (χ4v) is 4.23. The van der Waals surface area contributed by atoms with Crippen molar-refractivity contribution in [2.45, 2.75) is 44.6 Å². The van der Waals surface area contributed by atoms with Gasteiger partial charge in [-0.25, -0.2) is 0 Å². The Morgan fingerprint density at radius 1 is 1.28 bits per heavy atom. The largest absolute Gasteiger partial charge is 0.496 e. The van der Waals surface area contributed by atoms with Crippen LogP contribution in [0.4, 0.5) is 0 Å². The fraction of sp³-hybridized carbons (Fsp3) is 0.600. The summed E-state index contributed by atoms with van der Waals surface area (Å²) in [7, 11) is 2.03. The molecular formula is C15H21NOS. The molecule has 18 heavy (non-hydrogen) atoms. The standard InChI is InChI=1S/C15H21NOS/c1-16-15(12-7-4-5-9-17-12)14-10-11-6-2-3-8-13(11)18-14/h7,10,15-16H,2-6,8-9H2,1H3. The van der Waals surface area contributed by atoms with Crippen molar-refractivity contribution < 1.29 is 4.74 Å². The summed E-state index contributed by atoms with van der Waals surface area (Å²) < 4.78 is 5.82. The maximum absolute atomic E-state index is 5.82. The Bertz CT molecular complexity index is 426. The van der Waals surface area contributed by atoms with Crippen molar-refractivity contribution in [3.63, 3.8) is 0 Å². The second-order valence-electron chi connectivity index (χ2n) is 5.12. The first-order valence-corrected chi connectivity index (χ1v) is 7.81. The van der Waals surface area contributed by atoms with Crippen molar-refractivity contribution in [3.8, 4) is 0 Å². The Balaban J connectivity index is 1.86. The van der Waals surface area contributed by atoms with E-state index in [1.807, 2.05) is 18.4 Å². The molecule has 0 saturated heterocycles. The molecule has 0 aromatic carbocycles. The highest BCUT2D eigenvalue weighted by molar-refractivity contribution is 7.12. The molecule has 1 N–H and O–H groups in total. The Morgan fingerprint density at radius 2 is 2.17 bits per heavy atom. The van der Waals surface area contributed by atoms with Crippen LogP contribution >= 0.6 is 11.3 Å². The van der Waals surface area contributed by atoms with Crippen molar-refractivity contribution in [3.05, 3.63) is 33.2 Å². The molecule has 0 bridgehead atoms. The van der Waals surface area contributed by atoms with E-state index in [-0.39, 0.29) is 6.04 Å². The molecule has 1 aromatic rings. The van der Waals surface area contributed by atoms with Gasteiger partial charge in [0.15, 0.2) is 0 Å². The average molecular weight is 263 g/mol. The number of likely N-dealkylation sites (N-methyl/N-ethyl adjacent to an activating group) is 1. The maximum Gasteiger partial charge on any atom is 0.114 e. The molecule has 0 radical (unpaired) electrons. The van der Waals surface area contributed by atoms with Crippen LogP contribution in [0.1, 0.15) is 47.0 Å². The van der Waals surface area contributed by atoms with Crippen LogP contribution in [0.25, 0.3) is 0 Å². The summed E-state index contributed by atoms with van der Waals surface area (Å²) in [5, 5.41) is 3.41. The van der Waals surface area contributed by atoms with Crippen molar-refractivity contribution in [1.82, 2.24) is 5.32 Å². The van der Waals surface area contributed by atoms with Gasteiger partial charge in [-0.15, -0.1) is 11.3 Å². The van der Waals surface area contributed by atoms with Gasteiger partial charge < -0.3 is 10.1 Å². The van der Waals surface area contributed by atoms with E-state index in [1.54, 1.807) is 10.4 Å². The highest BCUT2D eigenvalue weighted by Crippen LogP contribution is 2.36. The minimum Gasteiger partial charge on any atom is -0.496 e. The Hall–Kier alpha value is -0.800. The molecule has 3 rings (SSSR count). The first-order valence-electron chi connectivity index (χ1n) is 7.00. The molecule has 98 valence electrons. The molecule has 2 aliphatic rings. The lowest BCUT2D eigenvalue weighted by Gasteiger charge is -2.22. The third kappa shape index (κ3) is 2.34. The highest BCUT2D eigenvalue weighted by atomic mass is 32.1. The summed E-state index contributed by atoms with van der Waals surface area (Å²) in [5.41, 5.74) is 1.58. The number of allylic oxidation sites excluding steroid dienone is 1. The summed E-state index contributed by atoms with van der Waals surface area (Å²) in [6, 6.07) is 2.67. The second kappa shape index (κ2) is 5.45. The van der Waals surface area contributed by atoms with Crippen LogP contribution in [0.15, 0.2) is 17.9 Å². The number of aryl methyl sites for hydroxylation is 2. The van der Waals surface area contributed by atoms with E-state index in [1.165, 1.54) is 30.6 Å². The first kappa shape index (κ1) is 12.2. The third-order valence-electron chi connectivity index (χ3n) is 3.84. The molecule has 1 atom stereocenters. The molecule has 1 unspecified atom stereocenters. The SMILES string of the molecule is CNC(C1=CCCCO1)c1cc2c(s1)CCCC2. The summed E-state index contributed by atoms with van der Waals surface area (Å²) in [6.07, 6.45) is 9.81. The van der Waals surface area contributed by atoms with Gasteiger partial charge in [0.25, 0.3) is 0 Å². The van der Waals surface area contributed by atoms with Gasteiger partial charge in [0.1, 0.15) is 5.76 Å². The van der Waals surface area contributed by atoms with Crippen LogP contribution in [0.3, 0.4) is 0 Å². The Labute approximate surface area is 113 Å². The van der Waals surface area contributed by atoms with Gasteiger partial charge in [-0.2, -0.15) is 0 Å². The summed E-state index contributed by atoms with van der Waals surface area (Å²) in [6.45, 7) is 0.870. The zero-order chi connectivity index (χ0) is 12.4. The van der Waals surface area contributed by atoms with Crippen LogP contribution in [0, 0.1) is 0 Å². The lowest BCUT2D eigenvalue weighted by Crippen LogP contribution is -2.21. The molecule has 2 heterocycles. The van der Waals surface area contributed by atoms with Gasteiger partial charge in [0.2, 0.25) is 0 Å². The lowest BCUT2D eigenvalue weighted by molar-refractivity contribution is 0.170. The Morgan fingerprint density at radius 3 is 2.89 bits per heavy atom. The Kier molecular flexibility index (Phi) is 3.71. The number of hydrogen-bond acceptors (Lipinski definition) is 3. The monoisotopic (exact) mass is 263 g/mol. The van der Waals surface area contributed by atoms with Gasteiger partial charge in [-0.1, -0.05) is 0 Å². The van der Waals surface area contributed by atoms with Crippen LogP contribution in [0.2, 0.25) is 0 Å². The minimum absolute atomic E-state index is 0.265. The molecule has 0 saturated carbocycles. The topological polar surface area (TPSA) is 21.3 Å². The molecule has 1 aliphatic heterocycles. The fourth-order valence-electron chi connectivity index (χ4n) is 2.86. The first-order chi connectivity index (χ1) is 8.88. The van der Waals surface area contributed by atoms with Crippen molar-refractivity contribution in [1.29, 1.82) is 0 Å². The molecule has 0 spiro atoms. The second-order valence-corrected chi connectivity index (χ2v) is 6.29. The van der Waals surface area contributed by atoms with E-state index in [0.29, 0.717) is 0 Å². The predicted octanol–water partition coefficient (Wildman–Crippen LogP) is 3.58. The van der Waals surface area contributed by atoms with E-state index in [4.69, 9.17) is 4.74 Å². The average Bonchev–Trinajstić information content (AvgIpc) is 2.84. The summed E-state index contributed by atoms with van der Waals surface area (Å²) in [4.78, 5) is 3.03. The molecular weight excluding hydrogens is 242 g/mol. The van der Waals surface area contributed by atoms with Gasteiger partial charge >= 0.3 is 0 Å². The van der Waals surface area contributed by atoms with Crippen molar-refractivity contribution in [2.24, 2.45) is 0 Å². The molecule has 1 aliphatic carbocycles. The zero-order valence-electron chi connectivity index (χ0n) is 11.0. The minimum atomic E-state index is 0.265. The number of hydrogen-bond donors (Lipinski definition) is 1. The van der Waals surface area contributed by atoms with Crippen molar-refractivity contribution >= 4 is 11.3 Å². The van der Waals surface area contributed by atoms with E-state index in [9.17, 15) is 0 Å². The van der Waals surface area contributed by atoms with Gasteiger partial charge in [-0.05, 0) is 63.3 Å². The molecule has 0 fully saturated rings. The predicted molar refractivity (Wildman–Crippen MR) is 76.0 cm³/mol. The summed E-state index contributed by atoms with van der Waals surface area (Å²) >= 11 is 1.98. The number of ether oxygens (including phenoxy) is 1. The number of thiophene rings is 1. The molecule has 1 aromatic heterocycles. The summed E-state index contributed by atoms with van der Waals surface area (Å²) in [5.74, 6) is 1.13. The third-order valence-corrected chi connectivity index (χ3v) is 5.14. The maximum atomic E-state index is 5.82. The van der Waals surface area contributed by atoms with Gasteiger partial charge in [-0.3, -0.25) is 0 Å². The smallest absolute Gasteiger partial charge is 0.114 e. The molecule has 0 amide bonds. The number of nitrogens with one attached hydrogen (secondary N) is 1. The van der Waals surface area contributed by atoms with Crippen molar-refractivity contribution in [2.75, 3.05) is 13.7 Å². The van der Waals surface area contributed by atoms with Gasteiger partial charge in [0, 0.05) is 9.75 Å². The van der Waals surface area contributed by atoms with Crippen LogP contribution < -0.4 is 5.32 Å². The van der Waals surface area contributed by atoms with Gasteiger partial charge in [0.05, 0.1) is 12.6 Å².